The second-order valence-corrected chi connectivity index (χ2v) is 7.99. The fourth-order valence-corrected chi connectivity index (χ4v) is 3.62. The van der Waals surface area contributed by atoms with Crippen molar-refractivity contribution in [1.29, 1.82) is 0 Å². The predicted molar refractivity (Wildman–Crippen MR) is 119 cm³/mol. The number of carbonyl (C=O) groups excluding carboxylic acids is 1. The Morgan fingerprint density at radius 2 is 2.03 bits per heavy atom. The number of rotatable bonds is 8. The van der Waals surface area contributed by atoms with Crippen molar-refractivity contribution in [2.24, 2.45) is 7.05 Å². The Morgan fingerprint density at radius 3 is 2.77 bits per heavy atom. The maximum Gasteiger partial charge on any atom is 0.234 e. The number of aromatic nitrogens is 3. The molecule has 1 heterocycles. The van der Waals surface area contributed by atoms with Gasteiger partial charge in [0.05, 0.1) is 12.9 Å². The van der Waals surface area contributed by atoms with E-state index in [0.717, 1.165) is 5.56 Å². The summed E-state index contributed by atoms with van der Waals surface area (Å²) in [5, 5.41) is 12.6. The number of hydrogen-bond acceptors (Lipinski definition) is 6. The van der Waals surface area contributed by atoms with Gasteiger partial charge in [-0.2, -0.15) is 0 Å². The first kappa shape index (κ1) is 22.0. The SMILES string of the molecule is COc1cccc(NC(=O)CSc2nnc(C(C)Oc3ccc(Cl)c(C)c3)n2C)c1. The summed E-state index contributed by atoms with van der Waals surface area (Å²) in [5.41, 5.74) is 1.62. The maximum atomic E-state index is 12.3. The number of nitrogens with one attached hydrogen (secondary N) is 1. The molecule has 3 aromatic rings. The third-order valence-corrected chi connectivity index (χ3v) is 5.80. The lowest BCUT2D eigenvalue weighted by molar-refractivity contribution is -0.113. The summed E-state index contributed by atoms with van der Waals surface area (Å²) < 4.78 is 13.0. The van der Waals surface area contributed by atoms with Gasteiger partial charge in [-0.25, -0.2) is 0 Å². The molecule has 2 aromatic carbocycles. The van der Waals surface area contributed by atoms with Gasteiger partial charge in [-0.15, -0.1) is 10.2 Å². The van der Waals surface area contributed by atoms with E-state index in [1.54, 1.807) is 19.2 Å². The molecule has 0 aliphatic rings. The van der Waals surface area contributed by atoms with Crippen LogP contribution < -0.4 is 14.8 Å². The molecule has 1 atom stereocenters. The highest BCUT2D eigenvalue weighted by Crippen LogP contribution is 2.27. The number of anilines is 1. The number of thioether (sulfide) groups is 1. The smallest absolute Gasteiger partial charge is 0.234 e. The Labute approximate surface area is 184 Å². The van der Waals surface area contributed by atoms with E-state index in [1.165, 1.54) is 11.8 Å². The average Bonchev–Trinajstić information content (AvgIpc) is 3.10. The van der Waals surface area contributed by atoms with Gasteiger partial charge in [-0.3, -0.25) is 4.79 Å². The molecule has 1 N–H and O–H groups in total. The fraction of sp³-hybridized carbons (Fsp3) is 0.286. The van der Waals surface area contributed by atoms with Crippen molar-refractivity contribution in [3.63, 3.8) is 0 Å². The molecular weight excluding hydrogens is 424 g/mol. The van der Waals surface area contributed by atoms with Crippen LogP contribution in [0.15, 0.2) is 47.6 Å². The van der Waals surface area contributed by atoms with Crippen LogP contribution in [-0.2, 0) is 11.8 Å². The van der Waals surface area contributed by atoms with Gasteiger partial charge in [0.15, 0.2) is 17.1 Å². The molecule has 1 unspecified atom stereocenters. The van der Waals surface area contributed by atoms with Gasteiger partial charge in [0, 0.05) is 23.8 Å². The van der Waals surface area contributed by atoms with Crippen LogP contribution in [0.2, 0.25) is 5.02 Å². The molecule has 1 aromatic heterocycles. The summed E-state index contributed by atoms with van der Waals surface area (Å²) in [7, 11) is 3.44. The minimum Gasteiger partial charge on any atom is -0.497 e. The Kier molecular flexibility index (Phi) is 7.23. The zero-order chi connectivity index (χ0) is 21.7. The highest BCUT2D eigenvalue weighted by molar-refractivity contribution is 7.99. The Balaban J connectivity index is 1.59. The van der Waals surface area contributed by atoms with Gasteiger partial charge in [0.25, 0.3) is 0 Å². The van der Waals surface area contributed by atoms with Gasteiger partial charge in [-0.1, -0.05) is 29.4 Å². The van der Waals surface area contributed by atoms with E-state index in [-0.39, 0.29) is 17.8 Å². The third-order valence-electron chi connectivity index (χ3n) is 4.36. The highest BCUT2D eigenvalue weighted by Gasteiger charge is 2.18. The van der Waals surface area contributed by atoms with Crippen LogP contribution in [0, 0.1) is 6.92 Å². The molecule has 7 nitrogen and oxygen atoms in total. The number of methoxy groups -OCH3 is 1. The van der Waals surface area contributed by atoms with Crippen LogP contribution in [0.3, 0.4) is 0 Å². The van der Waals surface area contributed by atoms with Crippen LogP contribution in [0.25, 0.3) is 0 Å². The van der Waals surface area contributed by atoms with E-state index in [2.05, 4.69) is 15.5 Å². The van der Waals surface area contributed by atoms with E-state index >= 15 is 0 Å². The van der Waals surface area contributed by atoms with E-state index in [4.69, 9.17) is 21.1 Å². The molecule has 0 aliphatic heterocycles. The van der Waals surface area contributed by atoms with Crippen LogP contribution in [0.1, 0.15) is 24.4 Å². The lowest BCUT2D eigenvalue weighted by Crippen LogP contribution is -2.15. The van der Waals surface area contributed by atoms with Crippen molar-refractivity contribution < 1.29 is 14.3 Å². The number of amides is 1. The number of benzene rings is 2. The summed E-state index contributed by atoms with van der Waals surface area (Å²) in [6.07, 6.45) is -0.317. The standard InChI is InChI=1S/C21H23ClN4O3S/c1-13-10-17(8-9-18(13)22)29-14(2)20-24-25-21(26(20)3)30-12-19(27)23-15-6-5-7-16(11-15)28-4/h5-11,14H,12H2,1-4H3,(H,23,27). The molecule has 0 spiro atoms. The van der Waals surface area contributed by atoms with E-state index in [1.807, 2.05) is 55.8 Å². The van der Waals surface area contributed by atoms with Gasteiger partial charge in [0.1, 0.15) is 11.5 Å². The number of hydrogen-bond donors (Lipinski definition) is 1. The zero-order valence-electron chi connectivity index (χ0n) is 17.2. The van der Waals surface area contributed by atoms with Gasteiger partial charge in [-0.05, 0) is 49.7 Å². The lowest BCUT2D eigenvalue weighted by Gasteiger charge is -2.15. The minimum atomic E-state index is -0.317. The lowest BCUT2D eigenvalue weighted by atomic mass is 10.2. The van der Waals surface area contributed by atoms with Gasteiger partial charge < -0.3 is 19.4 Å². The summed E-state index contributed by atoms with van der Waals surface area (Å²) in [6, 6.07) is 12.7. The van der Waals surface area contributed by atoms with Gasteiger partial charge >= 0.3 is 0 Å². The average molecular weight is 447 g/mol. The maximum absolute atomic E-state index is 12.3. The van der Waals surface area contributed by atoms with E-state index < -0.39 is 0 Å². The Hall–Kier alpha value is -2.71. The molecule has 0 aliphatic carbocycles. The monoisotopic (exact) mass is 446 g/mol. The van der Waals surface area contributed by atoms with Crippen molar-refractivity contribution in [3.05, 3.63) is 58.9 Å². The van der Waals surface area contributed by atoms with Crippen molar-refractivity contribution in [2.75, 3.05) is 18.2 Å². The largest absolute Gasteiger partial charge is 0.497 e. The van der Waals surface area contributed by atoms with Crippen LogP contribution >= 0.6 is 23.4 Å². The number of carbonyl (C=O) groups is 1. The first-order chi connectivity index (χ1) is 14.4. The molecule has 30 heavy (non-hydrogen) atoms. The van der Waals surface area contributed by atoms with Crippen molar-refractivity contribution in [3.8, 4) is 11.5 Å². The Morgan fingerprint density at radius 1 is 1.23 bits per heavy atom. The second kappa shape index (κ2) is 9.86. The third kappa shape index (κ3) is 5.46. The molecule has 0 fully saturated rings. The van der Waals surface area contributed by atoms with Crippen molar-refractivity contribution >= 4 is 35.0 Å². The van der Waals surface area contributed by atoms with Crippen molar-refractivity contribution in [1.82, 2.24) is 14.8 Å². The molecule has 0 bridgehead atoms. The normalized spacial score (nSPS) is 11.8. The Bertz CT molecular complexity index is 1040. The molecule has 0 saturated heterocycles. The summed E-state index contributed by atoms with van der Waals surface area (Å²) in [5.74, 6) is 2.12. The summed E-state index contributed by atoms with van der Waals surface area (Å²) >= 11 is 7.37. The molecule has 0 saturated carbocycles. The molecular formula is C21H23ClN4O3S. The highest BCUT2D eigenvalue weighted by atomic mass is 35.5. The van der Waals surface area contributed by atoms with Gasteiger partial charge in [0.2, 0.25) is 5.91 Å². The first-order valence-corrected chi connectivity index (χ1v) is 10.6. The molecule has 1 amide bonds. The molecule has 3 rings (SSSR count). The number of ether oxygens (including phenoxy) is 2. The van der Waals surface area contributed by atoms with Crippen LogP contribution in [0.5, 0.6) is 11.5 Å². The topological polar surface area (TPSA) is 78.3 Å². The van der Waals surface area contributed by atoms with E-state index in [0.29, 0.717) is 33.2 Å². The summed E-state index contributed by atoms with van der Waals surface area (Å²) in [6.45, 7) is 3.82. The second-order valence-electron chi connectivity index (χ2n) is 6.64. The molecule has 9 heteroatoms. The number of nitrogens with zero attached hydrogens (tertiary/aromatic N) is 3. The zero-order valence-corrected chi connectivity index (χ0v) is 18.8. The molecule has 158 valence electrons. The first-order valence-electron chi connectivity index (χ1n) is 9.26. The van der Waals surface area contributed by atoms with Crippen LogP contribution in [-0.4, -0.2) is 33.5 Å². The van der Waals surface area contributed by atoms with Crippen molar-refractivity contribution in [2.45, 2.75) is 25.1 Å². The van der Waals surface area contributed by atoms with E-state index in [9.17, 15) is 4.79 Å². The predicted octanol–water partition coefficient (Wildman–Crippen LogP) is 4.66. The number of halogens is 1. The molecule has 0 radical (unpaired) electrons. The van der Waals surface area contributed by atoms with Crippen LogP contribution in [0.4, 0.5) is 5.69 Å². The fourth-order valence-electron chi connectivity index (χ4n) is 2.78. The quantitative estimate of drug-likeness (QED) is 0.507. The number of aryl methyl sites for hydroxylation is 1. The minimum absolute atomic E-state index is 0.140. The summed E-state index contributed by atoms with van der Waals surface area (Å²) in [4.78, 5) is 12.3.